The third-order valence-electron chi connectivity index (χ3n) is 9.96. The number of nitrogens with zero attached hydrogens (tertiary/aromatic N) is 1. The molecule has 0 radical (unpaired) electrons. The molecule has 1 amide bonds. The number of hydrogen-bond donors (Lipinski definition) is 3. The maximum Gasteiger partial charge on any atom is 0.410 e. The zero-order valence-electron chi connectivity index (χ0n) is 24.9. The summed E-state index contributed by atoms with van der Waals surface area (Å²) in [5, 5.41) is 3.28. The molecule has 9 heteroatoms. The molecule has 0 bridgehead atoms. The summed E-state index contributed by atoms with van der Waals surface area (Å²) in [5.41, 5.74) is 6.02. The first kappa shape index (κ1) is 31.0. The van der Waals surface area contributed by atoms with Gasteiger partial charge in [-0.05, 0) is 110 Å². The SMILES string of the molecule is CC(C)(C)OC(=O)N1CCC(N)(C2CCCCC2)CC1.O=S(=O)(NC1(C2CCCCC2)CCNCC1)C1CC1. The highest BCUT2D eigenvalue weighted by Crippen LogP contribution is 2.40. The Kier molecular flexibility index (Phi) is 10.3. The van der Waals surface area contributed by atoms with Crippen LogP contribution in [0.25, 0.3) is 0 Å². The molecule has 0 aromatic carbocycles. The highest BCUT2D eigenvalue weighted by molar-refractivity contribution is 7.90. The first-order chi connectivity index (χ1) is 18.4. The standard InChI is InChI=1S/C16H30N2O2.C14H26N2O2S/c1-15(2,3)20-14(19)18-11-9-16(17,10-12-18)13-7-5-4-6-8-13;17-19(18,13-6-7-13)16-14(8-10-15-11-9-14)12-4-2-1-3-5-12/h13H,4-12,17H2,1-3H3;12-13,15-16H,1-11H2. The number of rotatable bonds is 5. The second-order valence-electron chi connectivity index (χ2n) is 14.1. The normalized spacial score (nSPS) is 26.8. The lowest BCUT2D eigenvalue weighted by Gasteiger charge is -2.45. The van der Waals surface area contributed by atoms with Crippen LogP contribution in [-0.2, 0) is 14.8 Å². The van der Waals surface area contributed by atoms with Crippen LogP contribution in [-0.4, -0.2) is 67.5 Å². The molecule has 0 unspecified atom stereocenters. The Hall–Kier alpha value is -0.900. The minimum Gasteiger partial charge on any atom is -0.444 e. The molecule has 226 valence electrons. The third-order valence-corrected chi connectivity index (χ3v) is 12.0. The van der Waals surface area contributed by atoms with E-state index in [1.807, 2.05) is 25.7 Å². The highest BCUT2D eigenvalue weighted by Gasteiger charge is 2.46. The van der Waals surface area contributed by atoms with Gasteiger partial charge in [0.25, 0.3) is 0 Å². The van der Waals surface area contributed by atoms with E-state index >= 15 is 0 Å². The van der Waals surface area contributed by atoms with Crippen molar-refractivity contribution in [1.82, 2.24) is 14.9 Å². The van der Waals surface area contributed by atoms with Crippen LogP contribution in [0, 0.1) is 11.8 Å². The van der Waals surface area contributed by atoms with Gasteiger partial charge in [-0.25, -0.2) is 17.9 Å². The molecule has 2 saturated heterocycles. The van der Waals surface area contributed by atoms with Gasteiger partial charge in [-0.1, -0.05) is 38.5 Å². The molecule has 0 atom stereocenters. The number of carbonyl (C=O) groups is 1. The number of carbonyl (C=O) groups excluding carboxylic acids is 1. The maximum atomic E-state index is 12.4. The summed E-state index contributed by atoms with van der Waals surface area (Å²) < 4.78 is 33.4. The molecule has 2 heterocycles. The van der Waals surface area contributed by atoms with Crippen molar-refractivity contribution in [3.05, 3.63) is 0 Å². The Bertz CT molecular complexity index is 888. The van der Waals surface area contributed by atoms with E-state index in [0.29, 0.717) is 11.8 Å². The van der Waals surface area contributed by atoms with Crippen molar-refractivity contribution in [2.24, 2.45) is 17.6 Å². The number of sulfonamides is 1. The van der Waals surface area contributed by atoms with Crippen LogP contribution < -0.4 is 15.8 Å². The fraction of sp³-hybridized carbons (Fsp3) is 0.967. The van der Waals surface area contributed by atoms with E-state index in [-0.39, 0.29) is 22.4 Å². The molecular weight excluding hydrogens is 512 g/mol. The van der Waals surface area contributed by atoms with Crippen molar-refractivity contribution in [2.75, 3.05) is 26.2 Å². The van der Waals surface area contributed by atoms with E-state index in [4.69, 9.17) is 10.5 Å². The van der Waals surface area contributed by atoms with E-state index in [2.05, 4.69) is 10.0 Å². The van der Waals surface area contributed by atoms with Gasteiger partial charge in [0.1, 0.15) is 5.60 Å². The molecule has 5 rings (SSSR count). The maximum absolute atomic E-state index is 12.4. The van der Waals surface area contributed by atoms with Gasteiger partial charge in [-0.3, -0.25) is 0 Å². The Labute approximate surface area is 238 Å². The monoisotopic (exact) mass is 568 g/mol. The number of nitrogens with one attached hydrogen (secondary N) is 2. The zero-order chi connectivity index (χ0) is 28.2. The average Bonchev–Trinajstić information content (AvgIpc) is 3.77. The molecule has 5 aliphatic rings. The molecule has 0 aromatic rings. The van der Waals surface area contributed by atoms with Crippen LogP contribution >= 0.6 is 0 Å². The van der Waals surface area contributed by atoms with Crippen LogP contribution in [0.4, 0.5) is 4.79 Å². The Morgan fingerprint density at radius 2 is 1.36 bits per heavy atom. The van der Waals surface area contributed by atoms with E-state index in [9.17, 15) is 13.2 Å². The quantitative estimate of drug-likeness (QED) is 0.427. The summed E-state index contributed by atoms with van der Waals surface area (Å²) in [6.45, 7) is 9.09. The molecule has 2 aliphatic heterocycles. The van der Waals surface area contributed by atoms with Crippen LogP contribution in [0.1, 0.15) is 124 Å². The molecule has 5 fully saturated rings. The molecular formula is C30H56N4O4S. The van der Waals surface area contributed by atoms with Gasteiger partial charge in [0.2, 0.25) is 10.0 Å². The minimum atomic E-state index is -3.07. The van der Waals surface area contributed by atoms with E-state index in [1.54, 1.807) is 0 Å². The highest BCUT2D eigenvalue weighted by atomic mass is 32.2. The Morgan fingerprint density at radius 3 is 1.85 bits per heavy atom. The van der Waals surface area contributed by atoms with Gasteiger partial charge in [-0.2, -0.15) is 0 Å². The lowest BCUT2D eigenvalue weighted by atomic mass is 9.70. The fourth-order valence-electron chi connectivity index (χ4n) is 7.38. The predicted octanol–water partition coefficient (Wildman–Crippen LogP) is 5.07. The number of hydrogen-bond acceptors (Lipinski definition) is 6. The van der Waals surface area contributed by atoms with E-state index in [0.717, 1.165) is 64.7 Å². The Morgan fingerprint density at radius 1 is 0.846 bits per heavy atom. The van der Waals surface area contributed by atoms with Gasteiger partial charge in [0.15, 0.2) is 0 Å². The third kappa shape index (κ3) is 8.55. The van der Waals surface area contributed by atoms with Crippen molar-refractivity contribution in [3.63, 3.8) is 0 Å². The van der Waals surface area contributed by atoms with Crippen LogP contribution in [0.15, 0.2) is 0 Å². The summed E-state index contributed by atoms with van der Waals surface area (Å²) in [4.78, 5) is 13.9. The summed E-state index contributed by atoms with van der Waals surface area (Å²) in [6, 6.07) is 0. The van der Waals surface area contributed by atoms with Crippen molar-refractivity contribution >= 4 is 16.1 Å². The van der Waals surface area contributed by atoms with Crippen molar-refractivity contribution < 1.29 is 17.9 Å². The van der Waals surface area contributed by atoms with Crippen LogP contribution in [0.3, 0.4) is 0 Å². The molecule has 4 N–H and O–H groups in total. The second-order valence-corrected chi connectivity index (χ2v) is 16.1. The fourth-order valence-corrected chi connectivity index (χ4v) is 9.25. The number of ether oxygens (including phenoxy) is 1. The smallest absolute Gasteiger partial charge is 0.410 e. The van der Waals surface area contributed by atoms with Crippen molar-refractivity contribution in [3.8, 4) is 0 Å². The van der Waals surface area contributed by atoms with Crippen LogP contribution in [0.2, 0.25) is 0 Å². The number of likely N-dealkylation sites (tertiary alicyclic amines) is 1. The molecule has 0 aromatic heterocycles. The van der Waals surface area contributed by atoms with E-state index < -0.39 is 15.6 Å². The average molecular weight is 569 g/mol. The molecule has 3 aliphatic carbocycles. The van der Waals surface area contributed by atoms with E-state index in [1.165, 1.54) is 64.2 Å². The van der Waals surface area contributed by atoms with Gasteiger partial charge in [0.05, 0.1) is 5.25 Å². The van der Waals surface area contributed by atoms with Gasteiger partial charge >= 0.3 is 6.09 Å². The number of amides is 1. The van der Waals surface area contributed by atoms with Gasteiger partial charge in [-0.15, -0.1) is 0 Å². The lowest BCUT2D eigenvalue weighted by molar-refractivity contribution is 0.0116. The van der Waals surface area contributed by atoms with Gasteiger partial charge in [0, 0.05) is 24.2 Å². The van der Waals surface area contributed by atoms with Crippen LogP contribution in [0.5, 0.6) is 0 Å². The minimum absolute atomic E-state index is 0.0566. The largest absolute Gasteiger partial charge is 0.444 e. The topological polar surface area (TPSA) is 114 Å². The lowest BCUT2D eigenvalue weighted by Crippen LogP contribution is -2.59. The number of piperidine rings is 2. The molecule has 0 spiro atoms. The summed E-state index contributed by atoms with van der Waals surface area (Å²) in [7, 11) is -3.07. The predicted molar refractivity (Wildman–Crippen MR) is 157 cm³/mol. The molecule has 8 nitrogen and oxygen atoms in total. The summed E-state index contributed by atoms with van der Waals surface area (Å²) in [5.74, 6) is 1.20. The van der Waals surface area contributed by atoms with Gasteiger partial charge < -0.3 is 20.7 Å². The summed E-state index contributed by atoms with van der Waals surface area (Å²) >= 11 is 0. The van der Waals surface area contributed by atoms with Crippen molar-refractivity contribution in [1.29, 1.82) is 0 Å². The molecule has 3 saturated carbocycles. The Balaban J connectivity index is 0.000000181. The van der Waals surface area contributed by atoms with Crippen molar-refractivity contribution in [2.45, 2.75) is 145 Å². The number of nitrogens with two attached hydrogens (primary N) is 1. The second kappa shape index (κ2) is 13.0. The molecule has 39 heavy (non-hydrogen) atoms. The first-order valence-corrected chi connectivity index (χ1v) is 17.5. The summed E-state index contributed by atoms with van der Waals surface area (Å²) in [6.07, 6.45) is 18.1. The zero-order valence-corrected chi connectivity index (χ0v) is 25.8. The first-order valence-electron chi connectivity index (χ1n) is 15.9.